The first-order valence-corrected chi connectivity index (χ1v) is 8.13. The standard InChI is InChI=1S/C16H24N4O3/c1-16(23)7-4-11(5-8-16)6-9-20-14(21)12-13(17-10-18(12)2)19(3)15(20)22/h10-11,23H,4-9H2,1-3H3. The van der Waals surface area contributed by atoms with Crippen molar-refractivity contribution in [3.05, 3.63) is 27.2 Å². The molecule has 0 aromatic carbocycles. The smallest absolute Gasteiger partial charge is 0.332 e. The molecule has 1 saturated carbocycles. The number of rotatable bonds is 3. The summed E-state index contributed by atoms with van der Waals surface area (Å²) in [6.45, 7) is 2.29. The van der Waals surface area contributed by atoms with E-state index in [1.807, 2.05) is 6.92 Å². The molecule has 2 aromatic rings. The highest BCUT2D eigenvalue weighted by Crippen LogP contribution is 2.33. The normalized spacial score (nSPS) is 25.1. The summed E-state index contributed by atoms with van der Waals surface area (Å²) in [5, 5.41) is 10.0. The molecule has 0 aliphatic heterocycles. The number of fused-ring (bicyclic) bond motifs is 1. The number of nitrogens with zero attached hydrogens (tertiary/aromatic N) is 4. The first kappa shape index (κ1) is 16.0. The number of hydrogen-bond donors (Lipinski definition) is 1. The summed E-state index contributed by atoms with van der Waals surface area (Å²) in [4.78, 5) is 29.2. The molecule has 23 heavy (non-hydrogen) atoms. The van der Waals surface area contributed by atoms with Crippen LogP contribution >= 0.6 is 0 Å². The second kappa shape index (κ2) is 5.63. The SMILES string of the molecule is Cn1cnc2c1c(=O)n(CCC1CCC(C)(O)CC1)c(=O)n2C. The van der Waals surface area contributed by atoms with Crippen molar-refractivity contribution in [3.63, 3.8) is 0 Å². The van der Waals surface area contributed by atoms with Crippen LogP contribution < -0.4 is 11.2 Å². The quantitative estimate of drug-likeness (QED) is 0.905. The summed E-state index contributed by atoms with van der Waals surface area (Å²) >= 11 is 0. The van der Waals surface area contributed by atoms with E-state index in [0.717, 1.165) is 32.1 Å². The first-order chi connectivity index (χ1) is 10.8. The summed E-state index contributed by atoms with van der Waals surface area (Å²) in [5.74, 6) is 0.453. The number of aliphatic hydroxyl groups is 1. The summed E-state index contributed by atoms with van der Waals surface area (Å²) in [6, 6.07) is 0. The minimum atomic E-state index is -0.558. The highest BCUT2D eigenvalue weighted by Gasteiger charge is 2.28. The predicted octanol–water partition coefficient (Wildman–Crippen LogP) is 0.765. The molecular formula is C16H24N4O3. The third-order valence-electron chi connectivity index (χ3n) is 5.14. The molecule has 126 valence electrons. The topological polar surface area (TPSA) is 82.1 Å². The molecule has 2 aromatic heterocycles. The molecular weight excluding hydrogens is 296 g/mol. The van der Waals surface area contributed by atoms with Gasteiger partial charge in [0.25, 0.3) is 5.56 Å². The lowest BCUT2D eigenvalue weighted by molar-refractivity contribution is 0.00636. The van der Waals surface area contributed by atoms with Crippen molar-refractivity contribution >= 4 is 11.2 Å². The van der Waals surface area contributed by atoms with Gasteiger partial charge in [-0.25, -0.2) is 9.78 Å². The van der Waals surface area contributed by atoms with Crippen LogP contribution in [0.15, 0.2) is 15.9 Å². The Morgan fingerprint density at radius 2 is 1.96 bits per heavy atom. The maximum absolute atomic E-state index is 12.6. The van der Waals surface area contributed by atoms with Crippen LogP contribution in [0.3, 0.4) is 0 Å². The van der Waals surface area contributed by atoms with Crippen LogP contribution in [0.5, 0.6) is 0 Å². The Morgan fingerprint density at radius 3 is 2.61 bits per heavy atom. The Morgan fingerprint density at radius 1 is 1.30 bits per heavy atom. The van der Waals surface area contributed by atoms with Gasteiger partial charge in [0, 0.05) is 20.6 Å². The zero-order valence-electron chi connectivity index (χ0n) is 13.9. The van der Waals surface area contributed by atoms with E-state index in [4.69, 9.17) is 0 Å². The second-order valence-electron chi connectivity index (χ2n) is 7.06. The average molecular weight is 320 g/mol. The lowest BCUT2D eigenvalue weighted by Crippen LogP contribution is -2.40. The summed E-state index contributed by atoms with van der Waals surface area (Å²) in [5.41, 5.74) is -0.266. The number of imidazole rings is 1. The molecule has 1 aliphatic rings. The monoisotopic (exact) mass is 320 g/mol. The third-order valence-corrected chi connectivity index (χ3v) is 5.14. The highest BCUT2D eigenvalue weighted by atomic mass is 16.3. The van der Waals surface area contributed by atoms with Crippen molar-refractivity contribution < 1.29 is 5.11 Å². The van der Waals surface area contributed by atoms with Gasteiger partial charge in [-0.05, 0) is 44.9 Å². The van der Waals surface area contributed by atoms with E-state index in [9.17, 15) is 14.7 Å². The van der Waals surface area contributed by atoms with Gasteiger partial charge in [0.05, 0.1) is 11.9 Å². The van der Waals surface area contributed by atoms with Gasteiger partial charge in [-0.2, -0.15) is 0 Å². The van der Waals surface area contributed by atoms with Crippen LogP contribution in [0.4, 0.5) is 0 Å². The van der Waals surface area contributed by atoms with Crippen molar-refractivity contribution in [3.8, 4) is 0 Å². The molecule has 2 heterocycles. The fraction of sp³-hybridized carbons (Fsp3) is 0.688. The molecule has 0 unspecified atom stereocenters. The minimum absolute atomic E-state index is 0.272. The van der Waals surface area contributed by atoms with Crippen molar-refractivity contribution in [2.45, 2.75) is 51.2 Å². The van der Waals surface area contributed by atoms with Crippen molar-refractivity contribution in [1.82, 2.24) is 18.7 Å². The summed E-state index contributed by atoms with van der Waals surface area (Å²) in [7, 11) is 3.40. The molecule has 7 nitrogen and oxygen atoms in total. The van der Waals surface area contributed by atoms with E-state index in [0.29, 0.717) is 23.6 Å². The average Bonchev–Trinajstić information content (AvgIpc) is 2.88. The van der Waals surface area contributed by atoms with Gasteiger partial charge in [0.1, 0.15) is 0 Å². The van der Waals surface area contributed by atoms with Gasteiger partial charge >= 0.3 is 5.69 Å². The number of aryl methyl sites for hydroxylation is 2. The molecule has 1 N–H and O–H groups in total. The van der Waals surface area contributed by atoms with Crippen molar-refractivity contribution in [2.75, 3.05) is 0 Å². The van der Waals surface area contributed by atoms with Gasteiger partial charge in [-0.15, -0.1) is 0 Å². The number of aromatic nitrogens is 4. The van der Waals surface area contributed by atoms with Crippen LogP contribution in [0, 0.1) is 5.92 Å². The molecule has 0 atom stereocenters. The first-order valence-electron chi connectivity index (χ1n) is 8.13. The Balaban J connectivity index is 1.85. The van der Waals surface area contributed by atoms with Crippen LogP contribution in [-0.4, -0.2) is 29.4 Å². The molecule has 0 radical (unpaired) electrons. The molecule has 1 aliphatic carbocycles. The van der Waals surface area contributed by atoms with E-state index in [1.54, 1.807) is 25.0 Å². The lowest BCUT2D eigenvalue weighted by Gasteiger charge is -2.33. The Labute approximate surface area is 134 Å². The molecule has 0 amide bonds. The Bertz CT molecular complexity index is 833. The van der Waals surface area contributed by atoms with Gasteiger partial charge in [-0.3, -0.25) is 13.9 Å². The third kappa shape index (κ3) is 2.85. The highest BCUT2D eigenvalue weighted by molar-refractivity contribution is 5.69. The molecule has 0 saturated heterocycles. The fourth-order valence-electron chi connectivity index (χ4n) is 3.49. The molecule has 3 rings (SSSR count). The van der Waals surface area contributed by atoms with Gasteiger partial charge < -0.3 is 9.67 Å². The second-order valence-corrected chi connectivity index (χ2v) is 7.06. The van der Waals surface area contributed by atoms with E-state index >= 15 is 0 Å². The molecule has 7 heteroatoms. The predicted molar refractivity (Wildman–Crippen MR) is 87.4 cm³/mol. The van der Waals surface area contributed by atoms with E-state index in [-0.39, 0.29) is 11.2 Å². The van der Waals surface area contributed by atoms with Crippen LogP contribution in [0.2, 0.25) is 0 Å². The van der Waals surface area contributed by atoms with Crippen molar-refractivity contribution in [1.29, 1.82) is 0 Å². The number of hydrogen-bond acceptors (Lipinski definition) is 4. The Kier molecular flexibility index (Phi) is 3.91. The van der Waals surface area contributed by atoms with E-state index < -0.39 is 5.60 Å². The van der Waals surface area contributed by atoms with Crippen molar-refractivity contribution in [2.24, 2.45) is 20.0 Å². The maximum atomic E-state index is 12.6. The zero-order chi connectivity index (χ0) is 16.8. The van der Waals surface area contributed by atoms with E-state index in [2.05, 4.69) is 4.98 Å². The Hall–Kier alpha value is -1.89. The van der Waals surface area contributed by atoms with Crippen LogP contribution in [0.1, 0.15) is 39.0 Å². The van der Waals surface area contributed by atoms with Gasteiger partial charge in [0.15, 0.2) is 11.2 Å². The zero-order valence-corrected chi connectivity index (χ0v) is 13.9. The van der Waals surface area contributed by atoms with E-state index in [1.165, 1.54) is 9.13 Å². The van der Waals surface area contributed by atoms with Gasteiger partial charge in [-0.1, -0.05) is 0 Å². The summed E-state index contributed by atoms with van der Waals surface area (Å²) < 4.78 is 4.41. The van der Waals surface area contributed by atoms with Crippen LogP contribution in [-0.2, 0) is 20.6 Å². The fourth-order valence-corrected chi connectivity index (χ4v) is 3.49. The molecule has 1 fully saturated rings. The maximum Gasteiger partial charge on any atom is 0.332 e. The lowest BCUT2D eigenvalue weighted by atomic mass is 9.79. The molecule has 0 bridgehead atoms. The largest absolute Gasteiger partial charge is 0.390 e. The summed E-state index contributed by atoms with van der Waals surface area (Å²) in [6.07, 6.45) is 5.79. The molecule has 0 spiro atoms. The van der Waals surface area contributed by atoms with Crippen LogP contribution in [0.25, 0.3) is 11.2 Å². The van der Waals surface area contributed by atoms with Gasteiger partial charge in [0.2, 0.25) is 0 Å². The minimum Gasteiger partial charge on any atom is -0.390 e.